The van der Waals surface area contributed by atoms with E-state index in [0.29, 0.717) is 18.7 Å². The second-order valence-corrected chi connectivity index (χ2v) is 7.70. The Balaban J connectivity index is 1.47. The maximum absolute atomic E-state index is 12.9. The molecule has 7 nitrogen and oxygen atoms in total. The van der Waals surface area contributed by atoms with Gasteiger partial charge in [0.2, 0.25) is 5.91 Å². The number of benzene rings is 1. The quantitative estimate of drug-likeness (QED) is 0.692. The molecule has 8 heteroatoms. The molecule has 0 unspecified atom stereocenters. The van der Waals surface area contributed by atoms with Gasteiger partial charge < -0.3 is 19.9 Å². The lowest BCUT2D eigenvalue weighted by molar-refractivity contribution is -0.125. The summed E-state index contributed by atoms with van der Waals surface area (Å²) in [7, 11) is 0. The van der Waals surface area contributed by atoms with Gasteiger partial charge in [0.1, 0.15) is 11.8 Å². The molecule has 2 N–H and O–H groups in total. The molecule has 0 aliphatic carbocycles. The summed E-state index contributed by atoms with van der Waals surface area (Å²) in [6, 6.07) is 9.74. The van der Waals surface area contributed by atoms with E-state index in [1.165, 1.54) is 17.0 Å². The third kappa shape index (κ3) is 3.77. The molecule has 3 heterocycles. The molecule has 0 bridgehead atoms. The first-order valence-electron chi connectivity index (χ1n) is 9.01. The fraction of sp³-hybridized carbons (Fsp3) is 0.250. The summed E-state index contributed by atoms with van der Waals surface area (Å²) in [5.74, 6) is -0.320. The van der Waals surface area contributed by atoms with Crippen LogP contribution in [0.2, 0.25) is 0 Å². The predicted octanol–water partition coefficient (Wildman–Crippen LogP) is 2.21. The fourth-order valence-corrected chi connectivity index (χ4v) is 4.07. The van der Waals surface area contributed by atoms with Crippen LogP contribution in [0.3, 0.4) is 0 Å². The molecule has 28 heavy (non-hydrogen) atoms. The fourth-order valence-electron chi connectivity index (χ4n) is 3.36. The Morgan fingerprint density at radius 2 is 2.18 bits per heavy atom. The monoisotopic (exact) mass is 396 g/mol. The largest absolute Gasteiger partial charge is 0.508 e. The second-order valence-electron chi connectivity index (χ2n) is 6.66. The van der Waals surface area contributed by atoms with Crippen LogP contribution >= 0.6 is 11.3 Å². The van der Waals surface area contributed by atoms with E-state index in [4.69, 9.17) is 0 Å². The van der Waals surface area contributed by atoms with Gasteiger partial charge >= 0.3 is 0 Å². The van der Waals surface area contributed by atoms with E-state index in [0.717, 1.165) is 12.1 Å². The van der Waals surface area contributed by atoms with E-state index in [1.807, 2.05) is 22.1 Å². The molecule has 1 aliphatic rings. The van der Waals surface area contributed by atoms with Crippen molar-refractivity contribution < 1.29 is 14.7 Å². The normalized spacial score (nSPS) is 15.9. The minimum atomic E-state index is -0.532. The zero-order valence-corrected chi connectivity index (χ0v) is 15.9. The van der Waals surface area contributed by atoms with Gasteiger partial charge in [-0.15, -0.1) is 11.3 Å². The molecular weight excluding hydrogens is 376 g/mol. The number of nitrogens with one attached hydrogen (secondary N) is 1. The molecule has 1 aromatic carbocycles. The SMILES string of the molecule is O=C(NCCc1cccs1)[C@@H]1CN(C(=O)c2cccc(O)c2)Cc2cncn21. The number of thiophene rings is 1. The summed E-state index contributed by atoms with van der Waals surface area (Å²) >= 11 is 1.66. The molecule has 0 radical (unpaired) electrons. The third-order valence-electron chi connectivity index (χ3n) is 4.76. The Hall–Kier alpha value is -3.13. The van der Waals surface area contributed by atoms with Crippen LogP contribution in [-0.2, 0) is 17.8 Å². The lowest BCUT2D eigenvalue weighted by atomic mass is 10.1. The standard InChI is InChI=1S/C20H20N4O3S/c25-16-4-1-3-14(9-16)20(27)23-11-15-10-21-13-24(15)18(12-23)19(26)22-7-6-17-5-2-8-28-17/h1-5,8-10,13,18,25H,6-7,11-12H2,(H,22,26)/t18-/m0/s1. The maximum atomic E-state index is 12.9. The highest BCUT2D eigenvalue weighted by Gasteiger charge is 2.32. The topological polar surface area (TPSA) is 87.5 Å². The number of phenolic OH excluding ortho intramolecular Hbond substituents is 1. The van der Waals surface area contributed by atoms with Crippen molar-refractivity contribution >= 4 is 23.2 Å². The van der Waals surface area contributed by atoms with Gasteiger partial charge in [-0.1, -0.05) is 12.1 Å². The number of rotatable bonds is 5. The van der Waals surface area contributed by atoms with Gasteiger partial charge in [-0.05, 0) is 36.1 Å². The molecule has 3 aromatic rings. The zero-order chi connectivity index (χ0) is 19.5. The Morgan fingerprint density at radius 1 is 1.29 bits per heavy atom. The zero-order valence-electron chi connectivity index (χ0n) is 15.1. The molecule has 2 aromatic heterocycles. The number of nitrogens with zero attached hydrogens (tertiary/aromatic N) is 3. The number of carbonyl (C=O) groups excluding carboxylic acids is 2. The highest BCUT2D eigenvalue weighted by Crippen LogP contribution is 2.24. The summed E-state index contributed by atoms with van der Waals surface area (Å²) in [4.78, 5) is 32.7. The minimum absolute atomic E-state index is 0.0378. The van der Waals surface area contributed by atoms with Gasteiger partial charge in [-0.2, -0.15) is 0 Å². The molecule has 0 fully saturated rings. The van der Waals surface area contributed by atoms with Gasteiger partial charge in [-0.3, -0.25) is 9.59 Å². The first-order valence-corrected chi connectivity index (χ1v) is 9.89. The maximum Gasteiger partial charge on any atom is 0.254 e. The van der Waals surface area contributed by atoms with Crippen LogP contribution < -0.4 is 5.32 Å². The first-order chi connectivity index (χ1) is 13.6. The van der Waals surface area contributed by atoms with Crippen LogP contribution in [0.1, 0.15) is 27.0 Å². The Morgan fingerprint density at radius 3 is 2.96 bits per heavy atom. The number of imidazole rings is 1. The third-order valence-corrected chi connectivity index (χ3v) is 5.70. The second kappa shape index (κ2) is 7.85. The molecule has 4 rings (SSSR count). The van der Waals surface area contributed by atoms with Crippen molar-refractivity contribution in [1.82, 2.24) is 19.8 Å². The summed E-state index contributed by atoms with van der Waals surface area (Å²) in [6.07, 6.45) is 4.09. The number of aromatic nitrogens is 2. The van der Waals surface area contributed by atoms with Crippen molar-refractivity contribution in [3.63, 3.8) is 0 Å². The van der Waals surface area contributed by atoms with Crippen LogP contribution in [0.25, 0.3) is 0 Å². The summed E-state index contributed by atoms with van der Waals surface area (Å²) < 4.78 is 1.83. The average molecular weight is 396 g/mol. The lowest BCUT2D eigenvalue weighted by Gasteiger charge is -2.33. The van der Waals surface area contributed by atoms with Crippen LogP contribution in [-0.4, -0.2) is 44.5 Å². The highest BCUT2D eigenvalue weighted by molar-refractivity contribution is 7.09. The van der Waals surface area contributed by atoms with Crippen LogP contribution in [0.15, 0.2) is 54.3 Å². The number of fused-ring (bicyclic) bond motifs is 1. The smallest absolute Gasteiger partial charge is 0.254 e. The van der Waals surface area contributed by atoms with Gasteiger partial charge in [0.15, 0.2) is 0 Å². The molecular formula is C20H20N4O3S. The molecule has 2 amide bonds. The van der Waals surface area contributed by atoms with Crippen molar-refractivity contribution in [3.05, 3.63) is 70.4 Å². The lowest BCUT2D eigenvalue weighted by Crippen LogP contribution is -2.46. The Kier molecular flexibility index (Phi) is 5.12. The van der Waals surface area contributed by atoms with Gasteiger partial charge in [-0.25, -0.2) is 4.98 Å². The molecule has 0 saturated heterocycles. The van der Waals surface area contributed by atoms with Crippen molar-refractivity contribution in [2.24, 2.45) is 0 Å². The number of hydrogen-bond donors (Lipinski definition) is 2. The molecule has 1 aliphatic heterocycles. The van der Waals surface area contributed by atoms with Crippen LogP contribution in [0.4, 0.5) is 0 Å². The summed E-state index contributed by atoms with van der Waals surface area (Å²) in [5.41, 5.74) is 1.20. The Labute approximate surface area is 166 Å². The van der Waals surface area contributed by atoms with Crippen LogP contribution in [0, 0.1) is 0 Å². The molecule has 0 saturated carbocycles. The number of amides is 2. The Bertz CT molecular complexity index is 983. The van der Waals surface area contributed by atoms with E-state index in [9.17, 15) is 14.7 Å². The van der Waals surface area contributed by atoms with Gasteiger partial charge in [0.05, 0.1) is 25.1 Å². The number of phenols is 1. The van der Waals surface area contributed by atoms with E-state index in [1.54, 1.807) is 40.9 Å². The molecule has 0 spiro atoms. The van der Waals surface area contributed by atoms with Gasteiger partial charge in [0, 0.05) is 23.2 Å². The van der Waals surface area contributed by atoms with E-state index >= 15 is 0 Å². The first kappa shape index (κ1) is 18.2. The minimum Gasteiger partial charge on any atom is -0.508 e. The van der Waals surface area contributed by atoms with E-state index in [-0.39, 0.29) is 24.1 Å². The van der Waals surface area contributed by atoms with Crippen molar-refractivity contribution in [3.8, 4) is 5.75 Å². The van der Waals surface area contributed by atoms with E-state index < -0.39 is 6.04 Å². The highest BCUT2D eigenvalue weighted by atomic mass is 32.1. The number of aromatic hydroxyl groups is 1. The van der Waals surface area contributed by atoms with Gasteiger partial charge in [0.25, 0.3) is 5.91 Å². The number of carbonyl (C=O) groups is 2. The predicted molar refractivity (Wildman–Crippen MR) is 105 cm³/mol. The molecule has 1 atom stereocenters. The average Bonchev–Trinajstić information content (AvgIpc) is 3.38. The van der Waals surface area contributed by atoms with Crippen LogP contribution in [0.5, 0.6) is 5.75 Å². The summed E-state index contributed by atoms with van der Waals surface area (Å²) in [5, 5.41) is 14.6. The summed E-state index contributed by atoms with van der Waals surface area (Å²) in [6.45, 7) is 1.16. The van der Waals surface area contributed by atoms with Crippen molar-refractivity contribution in [2.75, 3.05) is 13.1 Å². The molecule has 144 valence electrons. The van der Waals surface area contributed by atoms with E-state index in [2.05, 4.69) is 10.3 Å². The number of hydrogen-bond acceptors (Lipinski definition) is 5. The van der Waals surface area contributed by atoms with Crippen molar-refractivity contribution in [2.45, 2.75) is 19.0 Å². The van der Waals surface area contributed by atoms with Crippen molar-refractivity contribution in [1.29, 1.82) is 0 Å².